The van der Waals surface area contributed by atoms with Crippen molar-refractivity contribution in [1.82, 2.24) is 30.0 Å². The maximum Gasteiger partial charge on any atom is 0.254 e. The van der Waals surface area contributed by atoms with Crippen LogP contribution in [0.5, 0.6) is 0 Å². The summed E-state index contributed by atoms with van der Waals surface area (Å²) < 4.78 is 1.75. The number of rotatable bonds is 5. The first-order valence-corrected chi connectivity index (χ1v) is 10.2. The summed E-state index contributed by atoms with van der Waals surface area (Å²) in [6, 6.07) is 5.52. The highest BCUT2D eigenvalue weighted by molar-refractivity contribution is 7.98. The van der Waals surface area contributed by atoms with Gasteiger partial charge in [0.15, 0.2) is 0 Å². The minimum atomic E-state index is -0.0886. The lowest BCUT2D eigenvalue weighted by Crippen LogP contribution is -2.37. The first-order chi connectivity index (χ1) is 13.6. The van der Waals surface area contributed by atoms with Crippen LogP contribution in [-0.4, -0.2) is 56.0 Å². The van der Waals surface area contributed by atoms with E-state index in [9.17, 15) is 4.79 Å². The molecule has 8 nitrogen and oxygen atoms in total. The summed E-state index contributed by atoms with van der Waals surface area (Å²) in [6.07, 6.45) is 9.94. The highest BCUT2D eigenvalue weighted by Crippen LogP contribution is 2.22. The molecule has 1 unspecified atom stereocenters. The average molecular weight is 395 g/mol. The van der Waals surface area contributed by atoms with E-state index in [0.717, 1.165) is 29.2 Å². The normalized spacial score (nSPS) is 16.4. The van der Waals surface area contributed by atoms with Crippen molar-refractivity contribution in [2.24, 2.45) is 7.05 Å². The van der Waals surface area contributed by atoms with Crippen molar-refractivity contribution < 1.29 is 4.79 Å². The predicted octanol–water partition coefficient (Wildman–Crippen LogP) is 2.00. The minimum absolute atomic E-state index is 0.0491. The zero-order chi connectivity index (χ0) is 19.5. The van der Waals surface area contributed by atoms with E-state index in [1.54, 1.807) is 35.4 Å². The number of hydrogen-bond acceptors (Lipinski definition) is 7. The highest BCUT2D eigenvalue weighted by atomic mass is 32.2. The maximum absolute atomic E-state index is 12.6. The number of aromatic nitrogens is 5. The Labute approximate surface area is 167 Å². The number of aryl methyl sites for hydroxylation is 1. The number of carbonyl (C=O) groups is 1. The first-order valence-electron chi connectivity index (χ1n) is 9.01. The van der Waals surface area contributed by atoms with E-state index in [1.807, 2.05) is 25.6 Å². The van der Waals surface area contributed by atoms with Crippen molar-refractivity contribution in [3.8, 4) is 11.3 Å². The molecule has 1 fully saturated rings. The van der Waals surface area contributed by atoms with Crippen molar-refractivity contribution in [1.29, 1.82) is 0 Å². The third-order valence-electron chi connectivity index (χ3n) is 4.66. The standard InChI is InChI=1S/C19H21N7OS/c1-25-11-13(10-22-25)16-5-8-21-19(24-16)26-9-6-14(12-26)23-17(27)15-4-3-7-20-18(15)28-2/h3-5,7-8,10-11,14H,6,9,12H2,1-2H3,(H,23,27). The van der Waals surface area contributed by atoms with Gasteiger partial charge in [-0.3, -0.25) is 9.48 Å². The zero-order valence-electron chi connectivity index (χ0n) is 15.7. The smallest absolute Gasteiger partial charge is 0.254 e. The third kappa shape index (κ3) is 3.84. The Balaban J connectivity index is 1.44. The molecule has 0 radical (unpaired) electrons. The summed E-state index contributed by atoms with van der Waals surface area (Å²) in [7, 11) is 1.88. The van der Waals surface area contributed by atoms with Gasteiger partial charge in [-0.05, 0) is 30.9 Å². The molecule has 1 aliphatic rings. The second-order valence-electron chi connectivity index (χ2n) is 6.61. The fourth-order valence-corrected chi connectivity index (χ4v) is 3.81. The molecule has 4 heterocycles. The number of carbonyl (C=O) groups excluding carboxylic acids is 1. The number of anilines is 1. The van der Waals surface area contributed by atoms with E-state index < -0.39 is 0 Å². The first kappa shape index (κ1) is 18.4. The van der Waals surface area contributed by atoms with E-state index in [1.165, 1.54) is 11.8 Å². The van der Waals surface area contributed by atoms with Gasteiger partial charge in [-0.2, -0.15) is 5.10 Å². The van der Waals surface area contributed by atoms with Gasteiger partial charge in [0, 0.05) is 50.3 Å². The molecule has 0 saturated carbocycles. The van der Waals surface area contributed by atoms with E-state index in [0.29, 0.717) is 18.1 Å². The van der Waals surface area contributed by atoms with Gasteiger partial charge >= 0.3 is 0 Å². The molecule has 4 rings (SSSR count). The van der Waals surface area contributed by atoms with Gasteiger partial charge in [-0.15, -0.1) is 11.8 Å². The largest absolute Gasteiger partial charge is 0.347 e. The van der Waals surface area contributed by atoms with Gasteiger partial charge in [0.05, 0.1) is 17.5 Å². The molecule has 0 aliphatic carbocycles. The van der Waals surface area contributed by atoms with Crippen LogP contribution < -0.4 is 10.2 Å². The lowest BCUT2D eigenvalue weighted by Gasteiger charge is -2.17. The summed E-state index contributed by atoms with van der Waals surface area (Å²) in [4.78, 5) is 28.1. The van der Waals surface area contributed by atoms with Crippen LogP contribution in [0.25, 0.3) is 11.3 Å². The van der Waals surface area contributed by atoms with Crippen LogP contribution in [0.3, 0.4) is 0 Å². The van der Waals surface area contributed by atoms with E-state index in [2.05, 4.69) is 30.3 Å². The van der Waals surface area contributed by atoms with Crippen LogP contribution in [-0.2, 0) is 7.05 Å². The van der Waals surface area contributed by atoms with Gasteiger partial charge < -0.3 is 10.2 Å². The molecule has 0 bridgehead atoms. The summed E-state index contributed by atoms with van der Waals surface area (Å²) >= 11 is 1.47. The molecule has 0 aromatic carbocycles. The van der Waals surface area contributed by atoms with Crippen LogP contribution in [0.2, 0.25) is 0 Å². The van der Waals surface area contributed by atoms with Gasteiger partial charge in [0.2, 0.25) is 5.95 Å². The molecular formula is C19H21N7OS. The van der Waals surface area contributed by atoms with Gasteiger partial charge in [-0.25, -0.2) is 15.0 Å². The summed E-state index contributed by atoms with van der Waals surface area (Å²) in [5, 5.41) is 8.05. The summed E-state index contributed by atoms with van der Waals surface area (Å²) in [5.74, 6) is 0.582. The Hall–Kier alpha value is -2.94. The summed E-state index contributed by atoms with van der Waals surface area (Å²) in [6.45, 7) is 1.47. The van der Waals surface area contributed by atoms with E-state index in [4.69, 9.17) is 0 Å². The molecule has 0 spiro atoms. The highest BCUT2D eigenvalue weighted by Gasteiger charge is 2.27. The van der Waals surface area contributed by atoms with Crippen molar-refractivity contribution in [3.63, 3.8) is 0 Å². The molecule has 144 valence electrons. The fourth-order valence-electron chi connectivity index (χ4n) is 3.26. The number of pyridine rings is 1. The monoisotopic (exact) mass is 395 g/mol. The predicted molar refractivity (Wildman–Crippen MR) is 108 cm³/mol. The maximum atomic E-state index is 12.6. The Morgan fingerprint density at radius 1 is 1.29 bits per heavy atom. The molecule has 1 aliphatic heterocycles. The van der Waals surface area contributed by atoms with Crippen LogP contribution in [0.15, 0.2) is 48.0 Å². The second kappa shape index (κ2) is 7.97. The number of amides is 1. The van der Waals surface area contributed by atoms with Crippen LogP contribution >= 0.6 is 11.8 Å². The molecule has 1 saturated heterocycles. The Bertz CT molecular complexity index is 990. The van der Waals surface area contributed by atoms with Crippen molar-refractivity contribution in [3.05, 3.63) is 48.5 Å². The van der Waals surface area contributed by atoms with Crippen LogP contribution in [0.4, 0.5) is 5.95 Å². The Kier molecular flexibility index (Phi) is 5.25. The Morgan fingerprint density at radius 2 is 2.18 bits per heavy atom. The lowest BCUT2D eigenvalue weighted by molar-refractivity contribution is 0.0936. The molecule has 1 atom stereocenters. The third-order valence-corrected chi connectivity index (χ3v) is 5.37. The number of nitrogens with one attached hydrogen (secondary N) is 1. The van der Waals surface area contributed by atoms with Gasteiger partial charge in [0.1, 0.15) is 5.03 Å². The average Bonchev–Trinajstić information content (AvgIpc) is 3.37. The quantitative estimate of drug-likeness (QED) is 0.661. The van der Waals surface area contributed by atoms with Crippen LogP contribution in [0, 0.1) is 0 Å². The van der Waals surface area contributed by atoms with Crippen molar-refractivity contribution in [2.45, 2.75) is 17.5 Å². The SMILES string of the molecule is CSc1ncccc1C(=O)NC1CCN(c2nccc(-c3cnn(C)c3)n2)C1. The minimum Gasteiger partial charge on any atom is -0.347 e. The molecule has 1 N–H and O–H groups in total. The zero-order valence-corrected chi connectivity index (χ0v) is 16.6. The number of thioether (sulfide) groups is 1. The molecule has 9 heteroatoms. The fraction of sp³-hybridized carbons (Fsp3) is 0.316. The van der Waals surface area contributed by atoms with E-state index in [-0.39, 0.29) is 11.9 Å². The molecule has 3 aromatic rings. The van der Waals surface area contributed by atoms with Crippen molar-refractivity contribution in [2.75, 3.05) is 24.2 Å². The number of nitrogens with zero attached hydrogens (tertiary/aromatic N) is 6. The van der Waals surface area contributed by atoms with Crippen LogP contribution in [0.1, 0.15) is 16.8 Å². The van der Waals surface area contributed by atoms with E-state index >= 15 is 0 Å². The van der Waals surface area contributed by atoms with Crippen molar-refractivity contribution >= 4 is 23.6 Å². The summed E-state index contributed by atoms with van der Waals surface area (Å²) in [5.41, 5.74) is 2.41. The topological polar surface area (TPSA) is 88.8 Å². The number of hydrogen-bond donors (Lipinski definition) is 1. The second-order valence-corrected chi connectivity index (χ2v) is 7.40. The lowest BCUT2D eigenvalue weighted by atomic mass is 10.2. The molecular weight excluding hydrogens is 374 g/mol. The Morgan fingerprint density at radius 3 is 2.96 bits per heavy atom. The van der Waals surface area contributed by atoms with Gasteiger partial charge in [0.25, 0.3) is 5.91 Å². The van der Waals surface area contributed by atoms with Gasteiger partial charge in [-0.1, -0.05) is 0 Å². The molecule has 1 amide bonds. The molecule has 3 aromatic heterocycles. The molecule has 28 heavy (non-hydrogen) atoms.